The number of rotatable bonds is 5. The van der Waals surface area contributed by atoms with Crippen molar-refractivity contribution < 1.29 is 22.8 Å². The minimum absolute atomic E-state index is 0.136. The molecular formula is C21H22N4O5S. The predicted octanol–water partition coefficient (Wildman–Crippen LogP) is 1.88. The molecule has 162 valence electrons. The molecular weight excluding hydrogens is 420 g/mol. The smallest absolute Gasteiger partial charge is 0.255 e. The maximum Gasteiger partial charge on any atom is 0.255 e. The summed E-state index contributed by atoms with van der Waals surface area (Å²) in [7, 11) is -3.50. The lowest BCUT2D eigenvalue weighted by atomic mass is 10.1. The normalized spacial score (nSPS) is 17.5. The number of hydrazine groups is 1. The summed E-state index contributed by atoms with van der Waals surface area (Å²) in [5.74, 6) is -0.840. The van der Waals surface area contributed by atoms with E-state index in [1.54, 1.807) is 36.4 Å². The summed E-state index contributed by atoms with van der Waals surface area (Å²) in [5.41, 5.74) is 3.78. The van der Waals surface area contributed by atoms with Crippen LogP contribution in [0.25, 0.3) is 0 Å². The monoisotopic (exact) mass is 442 g/mol. The van der Waals surface area contributed by atoms with Gasteiger partial charge in [0.2, 0.25) is 21.8 Å². The SMILES string of the molecule is O=C1CCC(=O)N(c2ccc(C(=O)Nc3ccc(S(=O)(=O)N4CCCC4)cc3)cc2)N1. The topological polar surface area (TPSA) is 116 Å². The van der Waals surface area contributed by atoms with E-state index in [0.29, 0.717) is 30.0 Å². The summed E-state index contributed by atoms with van der Waals surface area (Å²) >= 11 is 0. The van der Waals surface area contributed by atoms with Gasteiger partial charge in [0.15, 0.2) is 0 Å². The van der Waals surface area contributed by atoms with Crippen LogP contribution in [0.15, 0.2) is 53.4 Å². The molecule has 0 atom stereocenters. The summed E-state index contributed by atoms with van der Waals surface area (Å²) in [6.07, 6.45) is 2.03. The molecule has 0 aliphatic carbocycles. The molecule has 2 N–H and O–H groups in total. The first kappa shape index (κ1) is 21.0. The number of nitrogens with zero attached hydrogens (tertiary/aromatic N) is 2. The zero-order valence-electron chi connectivity index (χ0n) is 16.7. The molecule has 9 nitrogen and oxygen atoms in total. The Kier molecular flexibility index (Phi) is 5.75. The lowest BCUT2D eigenvalue weighted by Crippen LogP contribution is -2.50. The molecule has 0 spiro atoms. The third-order valence-corrected chi connectivity index (χ3v) is 7.17. The van der Waals surface area contributed by atoms with Crippen molar-refractivity contribution in [2.24, 2.45) is 0 Å². The highest BCUT2D eigenvalue weighted by Crippen LogP contribution is 2.23. The second-order valence-electron chi connectivity index (χ2n) is 7.40. The molecule has 4 rings (SSSR count). The number of anilines is 2. The molecule has 0 bridgehead atoms. The second kappa shape index (κ2) is 8.48. The van der Waals surface area contributed by atoms with Crippen molar-refractivity contribution in [3.8, 4) is 0 Å². The van der Waals surface area contributed by atoms with Crippen molar-refractivity contribution in [3.63, 3.8) is 0 Å². The Bertz CT molecular complexity index is 1110. The van der Waals surface area contributed by atoms with Gasteiger partial charge in [-0.2, -0.15) is 4.31 Å². The molecule has 2 aliphatic heterocycles. The number of amides is 3. The van der Waals surface area contributed by atoms with Crippen LogP contribution in [-0.2, 0) is 19.6 Å². The molecule has 2 aromatic carbocycles. The maximum atomic E-state index is 12.6. The quantitative estimate of drug-likeness (QED) is 0.734. The summed E-state index contributed by atoms with van der Waals surface area (Å²) in [6, 6.07) is 12.3. The lowest BCUT2D eigenvalue weighted by Gasteiger charge is -2.27. The number of hydrogen-bond acceptors (Lipinski definition) is 5. The molecule has 3 amide bonds. The third kappa shape index (κ3) is 4.44. The van der Waals surface area contributed by atoms with E-state index in [0.717, 1.165) is 12.8 Å². The third-order valence-electron chi connectivity index (χ3n) is 5.25. The van der Waals surface area contributed by atoms with Crippen LogP contribution in [0.2, 0.25) is 0 Å². The van der Waals surface area contributed by atoms with E-state index in [1.165, 1.54) is 21.4 Å². The van der Waals surface area contributed by atoms with Gasteiger partial charge in [-0.15, -0.1) is 0 Å². The average Bonchev–Trinajstić information content (AvgIpc) is 3.32. The van der Waals surface area contributed by atoms with Gasteiger partial charge < -0.3 is 5.32 Å². The average molecular weight is 442 g/mol. The number of carbonyl (C=O) groups excluding carboxylic acids is 3. The van der Waals surface area contributed by atoms with Gasteiger partial charge in [0.25, 0.3) is 5.91 Å². The first-order chi connectivity index (χ1) is 14.8. The molecule has 10 heteroatoms. The Morgan fingerprint density at radius 3 is 2.19 bits per heavy atom. The van der Waals surface area contributed by atoms with Crippen molar-refractivity contribution >= 4 is 39.1 Å². The molecule has 2 heterocycles. The molecule has 0 aromatic heterocycles. The van der Waals surface area contributed by atoms with Gasteiger partial charge in [-0.1, -0.05) is 0 Å². The molecule has 2 aliphatic rings. The summed E-state index contributed by atoms with van der Waals surface area (Å²) in [5, 5.41) is 3.90. The Balaban J connectivity index is 1.42. The van der Waals surface area contributed by atoms with Gasteiger partial charge in [-0.05, 0) is 61.4 Å². The fourth-order valence-electron chi connectivity index (χ4n) is 3.54. The summed E-state index contributed by atoms with van der Waals surface area (Å²) in [6.45, 7) is 1.06. The Hall–Kier alpha value is -3.24. The minimum Gasteiger partial charge on any atom is -0.322 e. The van der Waals surface area contributed by atoms with Gasteiger partial charge in [0, 0.05) is 37.2 Å². The highest BCUT2D eigenvalue weighted by molar-refractivity contribution is 7.89. The van der Waals surface area contributed by atoms with E-state index in [4.69, 9.17) is 0 Å². The van der Waals surface area contributed by atoms with E-state index < -0.39 is 10.0 Å². The zero-order chi connectivity index (χ0) is 22.0. The number of benzene rings is 2. The molecule has 2 aromatic rings. The van der Waals surface area contributed by atoms with Crippen LogP contribution in [0, 0.1) is 0 Å². The number of nitrogens with one attached hydrogen (secondary N) is 2. The van der Waals surface area contributed by atoms with E-state index in [-0.39, 0.29) is 35.5 Å². The van der Waals surface area contributed by atoms with Crippen LogP contribution in [0.5, 0.6) is 0 Å². The van der Waals surface area contributed by atoms with Gasteiger partial charge >= 0.3 is 0 Å². The first-order valence-electron chi connectivity index (χ1n) is 9.99. The molecule has 0 saturated carbocycles. The van der Waals surface area contributed by atoms with Crippen LogP contribution in [0.3, 0.4) is 0 Å². The first-order valence-corrected chi connectivity index (χ1v) is 11.4. The van der Waals surface area contributed by atoms with Crippen molar-refractivity contribution in [1.82, 2.24) is 9.73 Å². The molecule has 2 saturated heterocycles. The lowest BCUT2D eigenvalue weighted by molar-refractivity contribution is -0.130. The van der Waals surface area contributed by atoms with Crippen molar-refractivity contribution in [2.75, 3.05) is 23.4 Å². The Morgan fingerprint density at radius 2 is 1.55 bits per heavy atom. The fourth-order valence-corrected chi connectivity index (χ4v) is 5.05. The molecule has 0 radical (unpaired) electrons. The fraction of sp³-hybridized carbons (Fsp3) is 0.286. The minimum atomic E-state index is -3.50. The highest BCUT2D eigenvalue weighted by Gasteiger charge is 2.27. The van der Waals surface area contributed by atoms with E-state index in [2.05, 4.69) is 10.7 Å². The second-order valence-corrected chi connectivity index (χ2v) is 9.34. The predicted molar refractivity (Wildman–Crippen MR) is 114 cm³/mol. The maximum absolute atomic E-state index is 12.6. The van der Waals surface area contributed by atoms with Gasteiger partial charge in [-0.25, -0.2) is 13.4 Å². The molecule has 2 fully saturated rings. The van der Waals surface area contributed by atoms with Crippen molar-refractivity contribution in [1.29, 1.82) is 0 Å². The van der Waals surface area contributed by atoms with Crippen LogP contribution in [0.4, 0.5) is 11.4 Å². The largest absolute Gasteiger partial charge is 0.322 e. The number of carbonyl (C=O) groups is 3. The molecule has 0 unspecified atom stereocenters. The van der Waals surface area contributed by atoms with Crippen LogP contribution < -0.4 is 15.8 Å². The van der Waals surface area contributed by atoms with E-state index in [9.17, 15) is 22.8 Å². The van der Waals surface area contributed by atoms with E-state index in [1.807, 2.05) is 0 Å². The Labute approximate surface area is 180 Å². The van der Waals surface area contributed by atoms with Crippen molar-refractivity contribution in [2.45, 2.75) is 30.6 Å². The van der Waals surface area contributed by atoms with Crippen LogP contribution in [-0.4, -0.2) is 43.5 Å². The highest BCUT2D eigenvalue weighted by atomic mass is 32.2. The summed E-state index contributed by atoms with van der Waals surface area (Å²) in [4.78, 5) is 36.2. The molecule has 31 heavy (non-hydrogen) atoms. The standard InChI is InChI=1S/C21H22N4O5S/c26-19-11-12-20(27)25(23-19)17-7-3-15(4-8-17)21(28)22-16-5-9-18(10-6-16)31(29,30)24-13-1-2-14-24/h3-10H,1-2,11-14H2,(H,22,28)(H,23,26). The van der Waals surface area contributed by atoms with Gasteiger partial charge in [-0.3, -0.25) is 19.8 Å². The number of hydrogen-bond donors (Lipinski definition) is 2. The zero-order valence-corrected chi connectivity index (χ0v) is 17.5. The number of sulfonamides is 1. The van der Waals surface area contributed by atoms with Crippen molar-refractivity contribution in [3.05, 3.63) is 54.1 Å². The van der Waals surface area contributed by atoms with Gasteiger partial charge in [0.05, 0.1) is 10.6 Å². The van der Waals surface area contributed by atoms with Crippen LogP contribution >= 0.6 is 0 Å². The summed E-state index contributed by atoms with van der Waals surface area (Å²) < 4.78 is 26.6. The van der Waals surface area contributed by atoms with E-state index >= 15 is 0 Å². The van der Waals surface area contributed by atoms with Gasteiger partial charge in [0.1, 0.15) is 0 Å². The Morgan fingerprint density at radius 1 is 0.903 bits per heavy atom. The van der Waals surface area contributed by atoms with Crippen LogP contribution in [0.1, 0.15) is 36.0 Å².